The van der Waals surface area contributed by atoms with E-state index < -0.39 is 24.6 Å². The number of carbonyl (C=O) groups excluding carboxylic acids is 2. The van der Waals surface area contributed by atoms with Crippen molar-refractivity contribution in [1.29, 1.82) is 0 Å². The lowest BCUT2D eigenvalue weighted by molar-refractivity contribution is -0.149. The Balaban J connectivity index is 1.72. The summed E-state index contributed by atoms with van der Waals surface area (Å²) in [6, 6.07) is 18.7. The van der Waals surface area contributed by atoms with Crippen molar-refractivity contribution in [1.82, 2.24) is 0 Å². The Morgan fingerprint density at radius 2 is 1.55 bits per heavy atom. The number of nitrogens with one attached hydrogen (secondary N) is 1. The molecule has 1 N–H and O–H groups in total. The zero-order valence-corrected chi connectivity index (χ0v) is 18.4. The van der Waals surface area contributed by atoms with Crippen LogP contribution in [0.4, 0.5) is 14.5 Å². The molecule has 1 amide bonds. The summed E-state index contributed by atoms with van der Waals surface area (Å²) in [6.07, 6.45) is 1.30. The van der Waals surface area contributed by atoms with E-state index in [0.29, 0.717) is 26.9 Å². The highest BCUT2D eigenvalue weighted by atomic mass is 35.5. The number of hydrogen-bond donors (Lipinski definition) is 1. The van der Waals surface area contributed by atoms with Gasteiger partial charge in [0.2, 0.25) is 6.10 Å². The van der Waals surface area contributed by atoms with Crippen molar-refractivity contribution >= 4 is 46.8 Å². The maximum atomic E-state index is 12.9. The van der Waals surface area contributed by atoms with Gasteiger partial charge in [0.15, 0.2) is 0 Å². The number of anilines is 1. The molecule has 0 heterocycles. The maximum absolute atomic E-state index is 12.9. The van der Waals surface area contributed by atoms with Crippen LogP contribution in [0, 0.1) is 0 Å². The molecule has 0 aliphatic rings. The molecule has 3 aromatic carbocycles. The SMILES string of the molecule is O=C(/C=C/c1ccc(OC(F)F)cc1)OC(C(=O)Nc1cc(Cl)cc(Cl)c1)c1ccccc1. The number of hydrogen-bond acceptors (Lipinski definition) is 4. The number of amides is 1. The lowest BCUT2D eigenvalue weighted by Gasteiger charge is -2.17. The van der Waals surface area contributed by atoms with Gasteiger partial charge in [-0.1, -0.05) is 65.7 Å². The van der Waals surface area contributed by atoms with Crippen molar-refractivity contribution in [2.24, 2.45) is 0 Å². The van der Waals surface area contributed by atoms with Crippen LogP contribution in [0.1, 0.15) is 17.2 Å². The summed E-state index contributed by atoms with van der Waals surface area (Å²) >= 11 is 11.9. The van der Waals surface area contributed by atoms with E-state index in [0.717, 1.165) is 6.08 Å². The fourth-order valence-electron chi connectivity index (χ4n) is 2.81. The summed E-state index contributed by atoms with van der Waals surface area (Å²) in [5.74, 6) is -1.39. The van der Waals surface area contributed by atoms with Gasteiger partial charge in [0, 0.05) is 27.4 Å². The van der Waals surface area contributed by atoms with Crippen LogP contribution < -0.4 is 10.1 Å². The van der Waals surface area contributed by atoms with Gasteiger partial charge in [0.1, 0.15) is 5.75 Å². The van der Waals surface area contributed by atoms with Gasteiger partial charge >= 0.3 is 12.6 Å². The zero-order valence-electron chi connectivity index (χ0n) is 16.9. The van der Waals surface area contributed by atoms with E-state index >= 15 is 0 Å². The highest BCUT2D eigenvalue weighted by Crippen LogP contribution is 2.25. The Morgan fingerprint density at radius 1 is 0.909 bits per heavy atom. The van der Waals surface area contributed by atoms with Gasteiger partial charge in [0.25, 0.3) is 5.91 Å². The monoisotopic (exact) mass is 491 g/mol. The first-order chi connectivity index (χ1) is 15.8. The van der Waals surface area contributed by atoms with Crippen LogP contribution in [0.5, 0.6) is 5.75 Å². The average molecular weight is 492 g/mol. The molecule has 0 bridgehead atoms. The predicted molar refractivity (Wildman–Crippen MR) is 122 cm³/mol. The summed E-state index contributed by atoms with van der Waals surface area (Å²) in [5.41, 5.74) is 1.34. The second-order valence-electron chi connectivity index (χ2n) is 6.66. The van der Waals surface area contributed by atoms with Crippen LogP contribution >= 0.6 is 23.2 Å². The highest BCUT2D eigenvalue weighted by Gasteiger charge is 2.24. The number of alkyl halides is 2. The van der Waals surface area contributed by atoms with Crippen molar-refractivity contribution in [3.8, 4) is 5.75 Å². The van der Waals surface area contributed by atoms with Crippen molar-refractivity contribution in [2.75, 3.05) is 5.32 Å². The molecule has 0 fully saturated rings. The first-order valence-corrected chi connectivity index (χ1v) is 10.3. The van der Waals surface area contributed by atoms with E-state index in [1.165, 1.54) is 48.5 Å². The van der Waals surface area contributed by atoms with E-state index in [1.807, 2.05) is 0 Å². The minimum Gasteiger partial charge on any atom is -0.444 e. The van der Waals surface area contributed by atoms with Crippen LogP contribution in [-0.2, 0) is 14.3 Å². The van der Waals surface area contributed by atoms with E-state index in [2.05, 4.69) is 10.1 Å². The second-order valence-corrected chi connectivity index (χ2v) is 7.53. The second kappa shape index (κ2) is 11.4. The Kier molecular flexibility index (Phi) is 8.40. The number of esters is 1. The van der Waals surface area contributed by atoms with Crippen molar-refractivity contribution in [3.05, 3.63) is 100 Å². The molecule has 0 aliphatic carbocycles. The van der Waals surface area contributed by atoms with Gasteiger partial charge in [0.05, 0.1) is 0 Å². The topological polar surface area (TPSA) is 64.6 Å². The summed E-state index contributed by atoms with van der Waals surface area (Å²) in [7, 11) is 0. The van der Waals surface area contributed by atoms with Crippen molar-refractivity contribution < 1.29 is 27.8 Å². The van der Waals surface area contributed by atoms with Gasteiger partial charge in [-0.2, -0.15) is 8.78 Å². The third-order valence-corrected chi connectivity index (χ3v) is 4.66. The zero-order chi connectivity index (χ0) is 23.8. The number of rotatable bonds is 8. The summed E-state index contributed by atoms with van der Waals surface area (Å²) in [4.78, 5) is 25.3. The largest absolute Gasteiger partial charge is 0.444 e. The van der Waals surface area contributed by atoms with E-state index in [1.54, 1.807) is 30.3 Å². The van der Waals surface area contributed by atoms with E-state index in [-0.39, 0.29) is 5.75 Å². The normalized spacial score (nSPS) is 11.9. The highest BCUT2D eigenvalue weighted by molar-refractivity contribution is 6.35. The average Bonchev–Trinajstić information content (AvgIpc) is 2.76. The minimum atomic E-state index is -2.93. The van der Waals surface area contributed by atoms with E-state index in [9.17, 15) is 18.4 Å². The van der Waals surface area contributed by atoms with Crippen LogP contribution in [0.25, 0.3) is 6.08 Å². The number of ether oxygens (including phenoxy) is 2. The van der Waals surface area contributed by atoms with Crippen LogP contribution in [0.3, 0.4) is 0 Å². The summed E-state index contributed by atoms with van der Waals surface area (Å²) < 4.78 is 34.1. The van der Waals surface area contributed by atoms with Crippen molar-refractivity contribution in [2.45, 2.75) is 12.7 Å². The molecule has 1 unspecified atom stereocenters. The fourth-order valence-corrected chi connectivity index (χ4v) is 3.34. The predicted octanol–water partition coefficient (Wildman–Crippen LogP) is 6.53. The molecule has 0 saturated heterocycles. The standard InChI is InChI=1S/C24H17Cl2F2NO4/c25-17-12-18(26)14-19(13-17)29-23(31)22(16-4-2-1-3-5-16)33-21(30)11-8-15-6-9-20(10-7-15)32-24(27)28/h1-14,22,24H,(H,29,31)/b11-8+. The molecule has 9 heteroatoms. The molecule has 3 rings (SSSR count). The first kappa shape index (κ1) is 24.2. The quantitative estimate of drug-likeness (QED) is 0.287. The van der Waals surface area contributed by atoms with Crippen molar-refractivity contribution in [3.63, 3.8) is 0 Å². The first-order valence-electron chi connectivity index (χ1n) is 9.55. The Morgan fingerprint density at radius 3 is 2.15 bits per heavy atom. The number of benzene rings is 3. The smallest absolute Gasteiger partial charge is 0.387 e. The molecule has 0 aliphatic heterocycles. The molecule has 3 aromatic rings. The molecule has 5 nitrogen and oxygen atoms in total. The fraction of sp³-hybridized carbons (Fsp3) is 0.0833. The van der Waals surface area contributed by atoms with Gasteiger partial charge in [-0.05, 0) is 42.0 Å². The number of halogens is 4. The molecule has 0 aromatic heterocycles. The Labute approximate surface area is 198 Å². The Bertz CT molecular complexity index is 1120. The van der Waals surface area contributed by atoms with Gasteiger partial charge in [-0.15, -0.1) is 0 Å². The third-order valence-electron chi connectivity index (χ3n) is 4.22. The van der Waals surface area contributed by atoms with Crippen LogP contribution in [0.15, 0.2) is 78.9 Å². The molecule has 170 valence electrons. The molecule has 0 radical (unpaired) electrons. The molecule has 0 saturated carbocycles. The lowest BCUT2D eigenvalue weighted by Crippen LogP contribution is -2.25. The molecule has 1 atom stereocenters. The molecule has 33 heavy (non-hydrogen) atoms. The molecular weight excluding hydrogens is 475 g/mol. The Hall–Kier alpha value is -3.42. The van der Waals surface area contributed by atoms with Gasteiger partial charge < -0.3 is 14.8 Å². The molecular formula is C24H17Cl2F2NO4. The number of carbonyl (C=O) groups is 2. The summed E-state index contributed by atoms with van der Waals surface area (Å²) in [6.45, 7) is -2.93. The molecule has 0 spiro atoms. The van der Waals surface area contributed by atoms with E-state index in [4.69, 9.17) is 27.9 Å². The van der Waals surface area contributed by atoms with Crippen LogP contribution in [-0.4, -0.2) is 18.5 Å². The van der Waals surface area contributed by atoms with Crippen LogP contribution in [0.2, 0.25) is 10.0 Å². The minimum absolute atomic E-state index is 0.00772. The lowest BCUT2D eigenvalue weighted by atomic mass is 10.1. The third kappa shape index (κ3) is 7.59. The van der Waals surface area contributed by atoms with Gasteiger partial charge in [-0.25, -0.2) is 4.79 Å². The van der Waals surface area contributed by atoms with Gasteiger partial charge in [-0.3, -0.25) is 4.79 Å². The summed E-state index contributed by atoms with van der Waals surface area (Å²) in [5, 5.41) is 3.30. The maximum Gasteiger partial charge on any atom is 0.387 e.